The zero-order valence-corrected chi connectivity index (χ0v) is 28.9. The van der Waals surface area contributed by atoms with Crippen molar-refractivity contribution in [3.63, 3.8) is 0 Å². The van der Waals surface area contributed by atoms with Gasteiger partial charge in [0, 0.05) is 64.6 Å². The number of aldehydes is 2. The molecule has 0 N–H and O–H groups in total. The van der Waals surface area contributed by atoms with Gasteiger partial charge in [0.25, 0.3) is 0 Å². The number of carbonyl (C=O) groups is 2. The second kappa shape index (κ2) is 12.4. The largest absolute Gasteiger partial charge is 0.496 e. The van der Waals surface area contributed by atoms with E-state index in [1.807, 2.05) is 36.4 Å². The van der Waals surface area contributed by atoms with Crippen LogP contribution in [0.3, 0.4) is 0 Å². The topological polar surface area (TPSA) is 108 Å². The van der Waals surface area contributed by atoms with Gasteiger partial charge in [-0.15, -0.1) is 0 Å². The zero-order valence-electron chi connectivity index (χ0n) is 28.9. The summed E-state index contributed by atoms with van der Waals surface area (Å²) in [6.07, 6.45) is 1.49. The lowest BCUT2D eigenvalue weighted by molar-refractivity contribution is 0.111. The number of ether oxygens (including phenoxy) is 8. The van der Waals surface area contributed by atoms with E-state index in [9.17, 15) is 9.59 Å². The van der Waals surface area contributed by atoms with Crippen molar-refractivity contribution in [3.05, 3.63) is 59.7 Å². The Morgan fingerprint density at radius 2 is 0.640 bits per heavy atom. The molecule has 0 spiro atoms. The van der Waals surface area contributed by atoms with Gasteiger partial charge >= 0.3 is 0 Å². The minimum Gasteiger partial charge on any atom is -0.496 e. The van der Waals surface area contributed by atoms with Crippen LogP contribution in [0.2, 0.25) is 0 Å². The molecule has 7 aromatic rings. The van der Waals surface area contributed by atoms with Crippen molar-refractivity contribution in [1.29, 1.82) is 0 Å². The molecule has 0 aliphatic rings. The molecule has 0 aliphatic carbocycles. The van der Waals surface area contributed by atoms with E-state index in [0.717, 1.165) is 34.1 Å². The SMILES string of the molecule is COc1cc(C=O)c(OC)c2c1cc(OC)c1ccc3c(OC)c(OC)c4ccc5c(OC)cc6c(OC)cc(C=O)c(OC)c6c5c4c3c12. The predicted octanol–water partition coefficient (Wildman–Crippen LogP) is 8.30. The first-order valence-electron chi connectivity index (χ1n) is 15.6. The fourth-order valence-electron chi connectivity index (χ4n) is 7.52. The Morgan fingerprint density at radius 1 is 0.340 bits per heavy atom. The van der Waals surface area contributed by atoms with Gasteiger partial charge in [0.05, 0.1) is 68.0 Å². The highest BCUT2D eigenvalue weighted by atomic mass is 16.5. The molecule has 0 bridgehead atoms. The number of rotatable bonds is 10. The molecule has 0 aliphatic heterocycles. The van der Waals surface area contributed by atoms with Gasteiger partial charge in [0.2, 0.25) is 0 Å². The lowest BCUT2D eigenvalue weighted by Gasteiger charge is -2.23. The van der Waals surface area contributed by atoms with Crippen LogP contribution in [0.4, 0.5) is 0 Å². The van der Waals surface area contributed by atoms with E-state index < -0.39 is 0 Å². The molecule has 0 fully saturated rings. The van der Waals surface area contributed by atoms with Crippen LogP contribution < -0.4 is 37.9 Å². The van der Waals surface area contributed by atoms with E-state index in [1.54, 1.807) is 54.8 Å². The molecule has 0 saturated carbocycles. The van der Waals surface area contributed by atoms with Gasteiger partial charge in [0.15, 0.2) is 24.1 Å². The van der Waals surface area contributed by atoms with E-state index >= 15 is 0 Å². The molecule has 10 heteroatoms. The smallest absolute Gasteiger partial charge is 0.169 e. The molecular formula is C40H34O10. The summed E-state index contributed by atoms with van der Waals surface area (Å²) >= 11 is 0. The summed E-state index contributed by atoms with van der Waals surface area (Å²) in [7, 11) is 12.6. The lowest BCUT2D eigenvalue weighted by atomic mass is 9.86. The van der Waals surface area contributed by atoms with Crippen molar-refractivity contribution in [3.8, 4) is 46.0 Å². The van der Waals surface area contributed by atoms with Crippen molar-refractivity contribution in [2.24, 2.45) is 0 Å². The summed E-state index contributed by atoms with van der Waals surface area (Å²) in [6, 6.07) is 14.9. The van der Waals surface area contributed by atoms with Crippen molar-refractivity contribution in [1.82, 2.24) is 0 Å². The molecule has 0 unspecified atom stereocenters. The monoisotopic (exact) mass is 674 g/mol. The van der Waals surface area contributed by atoms with Crippen molar-refractivity contribution < 1.29 is 47.5 Å². The minimum absolute atomic E-state index is 0.309. The van der Waals surface area contributed by atoms with E-state index in [4.69, 9.17) is 37.9 Å². The number of methoxy groups -OCH3 is 8. The number of hydrogen-bond acceptors (Lipinski definition) is 10. The first-order chi connectivity index (χ1) is 24.4. The Balaban J connectivity index is 2.00. The first-order valence-corrected chi connectivity index (χ1v) is 15.6. The predicted molar refractivity (Wildman–Crippen MR) is 195 cm³/mol. The molecule has 0 atom stereocenters. The lowest BCUT2D eigenvalue weighted by Crippen LogP contribution is -2.00. The Morgan fingerprint density at radius 3 is 0.940 bits per heavy atom. The Hall–Kier alpha value is -6.16. The van der Waals surface area contributed by atoms with Crippen LogP contribution in [0.1, 0.15) is 20.7 Å². The molecule has 0 aromatic heterocycles. The van der Waals surface area contributed by atoms with Crippen LogP contribution >= 0.6 is 0 Å². The Bertz CT molecular complexity index is 2390. The van der Waals surface area contributed by atoms with Crippen LogP contribution in [-0.2, 0) is 0 Å². The molecule has 254 valence electrons. The van der Waals surface area contributed by atoms with Gasteiger partial charge < -0.3 is 37.9 Å². The van der Waals surface area contributed by atoms with Crippen LogP contribution in [-0.4, -0.2) is 69.5 Å². The van der Waals surface area contributed by atoms with E-state index in [0.29, 0.717) is 100 Å². The molecule has 7 rings (SSSR count). The van der Waals surface area contributed by atoms with E-state index in [2.05, 4.69) is 0 Å². The third-order valence-electron chi connectivity index (χ3n) is 9.51. The van der Waals surface area contributed by atoms with Gasteiger partial charge in [0.1, 0.15) is 34.5 Å². The fourth-order valence-corrected chi connectivity index (χ4v) is 7.52. The fraction of sp³-hybridized carbons (Fsp3) is 0.200. The second-order valence-corrected chi connectivity index (χ2v) is 11.5. The number of fused-ring (bicyclic) bond motifs is 11. The summed E-state index contributed by atoms with van der Waals surface area (Å²) in [5.41, 5.74) is 0.619. The zero-order chi connectivity index (χ0) is 35.4. The highest BCUT2D eigenvalue weighted by Gasteiger charge is 2.28. The summed E-state index contributed by atoms with van der Waals surface area (Å²) in [6.45, 7) is 0. The van der Waals surface area contributed by atoms with Gasteiger partial charge in [-0.25, -0.2) is 0 Å². The average molecular weight is 675 g/mol. The maximum atomic E-state index is 12.5. The molecule has 50 heavy (non-hydrogen) atoms. The van der Waals surface area contributed by atoms with Gasteiger partial charge in [-0.2, -0.15) is 0 Å². The maximum absolute atomic E-state index is 12.5. The van der Waals surface area contributed by atoms with E-state index in [-0.39, 0.29) is 0 Å². The summed E-state index contributed by atoms with van der Waals surface area (Å²) < 4.78 is 47.9. The summed E-state index contributed by atoms with van der Waals surface area (Å²) in [4.78, 5) is 25.1. The summed E-state index contributed by atoms with van der Waals surface area (Å²) in [5.74, 6) is 3.79. The second-order valence-electron chi connectivity index (χ2n) is 11.5. The maximum Gasteiger partial charge on any atom is 0.169 e. The molecule has 0 heterocycles. The molecular weight excluding hydrogens is 640 g/mol. The highest BCUT2D eigenvalue weighted by molar-refractivity contribution is 6.39. The number of benzene rings is 7. The van der Waals surface area contributed by atoms with E-state index in [1.165, 1.54) is 14.2 Å². The van der Waals surface area contributed by atoms with Gasteiger partial charge in [-0.3, -0.25) is 9.59 Å². The molecule has 10 nitrogen and oxygen atoms in total. The van der Waals surface area contributed by atoms with Crippen molar-refractivity contribution in [2.75, 3.05) is 56.9 Å². The number of hydrogen-bond donors (Lipinski definition) is 0. The molecule has 0 saturated heterocycles. The minimum atomic E-state index is 0.309. The van der Waals surface area contributed by atoms with Crippen molar-refractivity contribution >= 4 is 77.2 Å². The van der Waals surface area contributed by atoms with Crippen LogP contribution in [0, 0.1) is 0 Å². The van der Waals surface area contributed by atoms with Crippen LogP contribution in [0.5, 0.6) is 46.0 Å². The number of carbonyl (C=O) groups excluding carboxylic acids is 2. The standard InChI is InChI=1S/C40H34O10/c1-43-27-13-19(17-41)37(47-5)35-25(27)15-29(45-3)21-9-11-23-33(31(21)35)34-24(40(50-8)39(23)49-7)12-10-22-30(46-4)16-26-28(44-2)14-20(18-42)38(48-6)36(26)32(22)34/h9-18H,1-8H3. The quantitative estimate of drug-likeness (QED) is 0.104. The molecule has 0 amide bonds. The van der Waals surface area contributed by atoms with Crippen LogP contribution in [0.25, 0.3) is 64.6 Å². The van der Waals surface area contributed by atoms with Gasteiger partial charge in [-0.05, 0) is 48.5 Å². The van der Waals surface area contributed by atoms with Crippen LogP contribution in [0.15, 0.2) is 48.5 Å². The summed E-state index contributed by atoms with van der Waals surface area (Å²) in [5, 5.41) is 8.39. The Kier molecular flexibility index (Phi) is 8.02. The molecule has 7 aromatic carbocycles. The van der Waals surface area contributed by atoms with Crippen molar-refractivity contribution in [2.45, 2.75) is 0 Å². The van der Waals surface area contributed by atoms with Gasteiger partial charge in [-0.1, -0.05) is 0 Å². The third kappa shape index (κ3) is 4.27. The third-order valence-corrected chi connectivity index (χ3v) is 9.51. The average Bonchev–Trinajstić information content (AvgIpc) is 3.16. The first kappa shape index (κ1) is 32.4. The molecule has 0 radical (unpaired) electrons. The Labute approximate surface area is 286 Å². The normalized spacial score (nSPS) is 11.4. The highest BCUT2D eigenvalue weighted by Crippen LogP contribution is 2.55.